The van der Waals surface area contributed by atoms with E-state index in [-0.39, 0.29) is 17.5 Å². The third-order valence-electron chi connectivity index (χ3n) is 4.72. The summed E-state index contributed by atoms with van der Waals surface area (Å²) in [6.45, 7) is 3.67. The molecule has 0 amide bonds. The number of sulfonamides is 1. The number of piperazine rings is 1. The number of likely N-dealkylation sites (N-methyl/N-ethyl adjacent to an activating group) is 1. The molecule has 0 radical (unpaired) electrons. The lowest BCUT2D eigenvalue weighted by Gasteiger charge is -2.37. The van der Waals surface area contributed by atoms with Crippen molar-refractivity contribution in [2.24, 2.45) is 0 Å². The topological polar surface area (TPSA) is 95.8 Å². The molecule has 27 heavy (non-hydrogen) atoms. The van der Waals surface area contributed by atoms with Gasteiger partial charge in [-0.15, -0.1) is 0 Å². The van der Waals surface area contributed by atoms with Crippen LogP contribution in [0.1, 0.15) is 11.6 Å². The molecule has 1 N–H and O–H groups in total. The van der Waals surface area contributed by atoms with Crippen LogP contribution in [-0.2, 0) is 10.0 Å². The number of thiophene rings is 1. The van der Waals surface area contributed by atoms with E-state index < -0.39 is 20.6 Å². The van der Waals surface area contributed by atoms with Crippen molar-refractivity contribution in [3.63, 3.8) is 0 Å². The summed E-state index contributed by atoms with van der Waals surface area (Å²) in [5, 5.41) is 15.2. The highest BCUT2D eigenvalue weighted by Crippen LogP contribution is 2.26. The smallest absolute Gasteiger partial charge is 0.289 e. The summed E-state index contributed by atoms with van der Waals surface area (Å²) in [5.41, 5.74) is 0.631. The van der Waals surface area contributed by atoms with Gasteiger partial charge in [0.15, 0.2) is 4.90 Å². The van der Waals surface area contributed by atoms with Crippen LogP contribution < -0.4 is 4.72 Å². The van der Waals surface area contributed by atoms with Gasteiger partial charge < -0.3 is 4.90 Å². The number of hydrogen-bond donors (Lipinski definition) is 1. The number of nitrogens with zero attached hydrogens (tertiary/aromatic N) is 3. The number of benzene rings is 1. The van der Waals surface area contributed by atoms with E-state index in [1.807, 2.05) is 16.8 Å². The Balaban J connectivity index is 1.80. The molecule has 3 rings (SSSR count). The SMILES string of the molecule is CN1CCN(C(CNS(=O)(=O)c2ccccc2[N+](=O)[O-])c2ccsc2)CC1. The highest BCUT2D eigenvalue weighted by molar-refractivity contribution is 7.89. The Hall–Kier alpha value is -1.85. The number of rotatable bonds is 7. The molecule has 1 aromatic heterocycles. The molecule has 1 aliphatic rings. The largest absolute Gasteiger partial charge is 0.304 e. The highest BCUT2D eigenvalue weighted by atomic mass is 32.2. The van der Waals surface area contributed by atoms with Gasteiger partial charge in [-0.2, -0.15) is 11.3 Å². The van der Waals surface area contributed by atoms with Crippen molar-refractivity contribution in [3.8, 4) is 0 Å². The van der Waals surface area contributed by atoms with Crippen molar-refractivity contribution < 1.29 is 13.3 Å². The predicted molar refractivity (Wildman–Crippen MR) is 104 cm³/mol. The van der Waals surface area contributed by atoms with Crippen LogP contribution in [-0.4, -0.2) is 62.9 Å². The van der Waals surface area contributed by atoms with E-state index in [0.717, 1.165) is 31.7 Å². The fourth-order valence-electron chi connectivity index (χ4n) is 3.16. The zero-order valence-corrected chi connectivity index (χ0v) is 16.6. The van der Waals surface area contributed by atoms with E-state index in [4.69, 9.17) is 0 Å². The Bertz CT molecular complexity index is 878. The van der Waals surface area contributed by atoms with Crippen LogP contribution in [0.5, 0.6) is 0 Å². The summed E-state index contributed by atoms with van der Waals surface area (Å²) >= 11 is 1.56. The zero-order chi connectivity index (χ0) is 19.4. The van der Waals surface area contributed by atoms with Crippen LogP contribution >= 0.6 is 11.3 Å². The molecular formula is C17H22N4O4S2. The highest BCUT2D eigenvalue weighted by Gasteiger charge is 2.29. The molecule has 1 aromatic carbocycles. The molecule has 2 heterocycles. The van der Waals surface area contributed by atoms with Gasteiger partial charge in [0, 0.05) is 44.8 Å². The fourth-order valence-corrected chi connectivity index (χ4v) is 5.07. The molecule has 8 nitrogen and oxygen atoms in total. The number of nitro groups is 1. The Labute approximate surface area is 162 Å². The van der Waals surface area contributed by atoms with Crippen LogP contribution in [0.25, 0.3) is 0 Å². The number of para-hydroxylation sites is 1. The summed E-state index contributed by atoms with van der Waals surface area (Å²) in [7, 11) is -1.93. The Morgan fingerprint density at radius 1 is 1.22 bits per heavy atom. The van der Waals surface area contributed by atoms with E-state index in [9.17, 15) is 18.5 Å². The molecular weight excluding hydrogens is 388 g/mol. The van der Waals surface area contributed by atoms with Gasteiger partial charge in [0.1, 0.15) is 0 Å². The summed E-state index contributed by atoms with van der Waals surface area (Å²) in [6.07, 6.45) is 0. The van der Waals surface area contributed by atoms with E-state index in [2.05, 4.69) is 21.6 Å². The van der Waals surface area contributed by atoms with Crippen molar-refractivity contribution in [2.45, 2.75) is 10.9 Å². The number of nitrogens with one attached hydrogen (secondary N) is 1. The molecule has 1 fully saturated rings. The summed E-state index contributed by atoms with van der Waals surface area (Å²) in [4.78, 5) is 14.7. The predicted octanol–water partition coefficient (Wildman–Crippen LogP) is 1.92. The Morgan fingerprint density at radius 3 is 2.56 bits per heavy atom. The molecule has 1 aliphatic heterocycles. The molecule has 0 spiro atoms. The van der Waals surface area contributed by atoms with Gasteiger partial charge >= 0.3 is 0 Å². The second-order valence-electron chi connectivity index (χ2n) is 6.49. The molecule has 10 heteroatoms. The lowest BCUT2D eigenvalue weighted by Crippen LogP contribution is -2.48. The normalized spacial score (nSPS) is 17.7. The van der Waals surface area contributed by atoms with Gasteiger partial charge in [-0.25, -0.2) is 13.1 Å². The summed E-state index contributed by atoms with van der Waals surface area (Å²) in [5.74, 6) is 0. The molecule has 0 aliphatic carbocycles. The second-order valence-corrected chi connectivity index (χ2v) is 9.00. The maximum absolute atomic E-state index is 12.7. The average Bonchev–Trinajstić information content (AvgIpc) is 3.17. The molecule has 1 unspecified atom stereocenters. The molecule has 2 aromatic rings. The van der Waals surface area contributed by atoms with Crippen molar-refractivity contribution in [1.82, 2.24) is 14.5 Å². The number of nitro benzene ring substituents is 1. The molecule has 0 bridgehead atoms. The van der Waals surface area contributed by atoms with Crippen molar-refractivity contribution in [2.75, 3.05) is 39.8 Å². The monoisotopic (exact) mass is 410 g/mol. The molecule has 1 atom stereocenters. The number of hydrogen-bond acceptors (Lipinski definition) is 7. The van der Waals surface area contributed by atoms with E-state index >= 15 is 0 Å². The minimum atomic E-state index is -4.00. The Morgan fingerprint density at radius 2 is 1.93 bits per heavy atom. The lowest BCUT2D eigenvalue weighted by molar-refractivity contribution is -0.387. The fraction of sp³-hybridized carbons (Fsp3) is 0.412. The average molecular weight is 411 g/mol. The molecule has 0 saturated carbocycles. The second kappa shape index (κ2) is 8.44. The van der Waals surface area contributed by atoms with Gasteiger partial charge in [-0.05, 0) is 35.5 Å². The zero-order valence-electron chi connectivity index (χ0n) is 14.9. The standard InChI is InChI=1S/C17H22N4O4S2/c1-19-7-9-20(10-8-19)16(14-6-11-26-13-14)12-18-27(24,25)17-5-3-2-4-15(17)21(22)23/h2-6,11,13,16,18H,7-10,12H2,1H3. The van der Waals surface area contributed by atoms with Crippen LogP contribution in [0.2, 0.25) is 0 Å². The lowest BCUT2D eigenvalue weighted by atomic mass is 10.1. The van der Waals surface area contributed by atoms with E-state index in [1.165, 1.54) is 24.3 Å². The molecule has 1 saturated heterocycles. The van der Waals surface area contributed by atoms with Crippen LogP contribution in [0.3, 0.4) is 0 Å². The summed E-state index contributed by atoms with van der Waals surface area (Å²) < 4.78 is 28.0. The van der Waals surface area contributed by atoms with Gasteiger partial charge in [0.25, 0.3) is 5.69 Å². The van der Waals surface area contributed by atoms with Gasteiger partial charge in [-0.3, -0.25) is 15.0 Å². The minimum Gasteiger partial charge on any atom is -0.304 e. The van der Waals surface area contributed by atoms with Crippen molar-refractivity contribution in [3.05, 3.63) is 56.8 Å². The first kappa shape index (κ1) is 19.9. The first-order valence-electron chi connectivity index (χ1n) is 8.56. The van der Waals surface area contributed by atoms with Crippen molar-refractivity contribution in [1.29, 1.82) is 0 Å². The van der Waals surface area contributed by atoms with E-state index in [1.54, 1.807) is 11.3 Å². The van der Waals surface area contributed by atoms with Gasteiger partial charge in [0.2, 0.25) is 10.0 Å². The van der Waals surface area contributed by atoms with E-state index in [0.29, 0.717) is 0 Å². The third-order valence-corrected chi connectivity index (χ3v) is 6.90. The quantitative estimate of drug-likeness (QED) is 0.553. The van der Waals surface area contributed by atoms with Crippen LogP contribution in [0.15, 0.2) is 46.0 Å². The summed E-state index contributed by atoms with van der Waals surface area (Å²) in [6, 6.07) is 7.28. The maximum Gasteiger partial charge on any atom is 0.289 e. The first-order chi connectivity index (χ1) is 12.9. The van der Waals surface area contributed by atoms with Crippen molar-refractivity contribution >= 4 is 27.0 Å². The third kappa shape index (κ3) is 4.71. The first-order valence-corrected chi connectivity index (χ1v) is 11.0. The van der Waals surface area contributed by atoms with Crippen LogP contribution in [0, 0.1) is 10.1 Å². The minimum absolute atomic E-state index is 0.109. The van der Waals surface area contributed by atoms with Crippen LogP contribution in [0.4, 0.5) is 5.69 Å². The van der Waals surface area contributed by atoms with Gasteiger partial charge in [0.05, 0.1) is 4.92 Å². The maximum atomic E-state index is 12.7. The van der Waals surface area contributed by atoms with Gasteiger partial charge in [-0.1, -0.05) is 12.1 Å². The molecule has 146 valence electrons. The Kier molecular flexibility index (Phi) is 6.22.